The molecule has 0 saturated carbocycles. The number of nitrogens with one attached hydrogen (secondary N) is 1. The van der Waals surface area contributed by atoms with Gasteiger partial charge in [-0.05, 0) is 50.2 Å². The van der Waals surface area contributed by atoms with Crippen LogP contribution in [0.2, 0.25) is 0 Å². The van der Waals surface area contributed by atoms with Crippen LogP contribution in [0.5, 0.6) is 5.75 Å². The lowest BCUT2D eigenvalue weighted by Crippen LogP contribution is -2.37. The molecule has 1 aromatic heterocycles. The first-order valence-electron chi connectivity index (χ1n) is 8.36. The molecular weight excluding hydrogens is 320 g/mol. The molecule has 2 heterocycles. The zero-order valence-electron chi connectivity index (χ0n) is 14.4. The number of aromatic nitrogens is 2. The molecule has 7 nitrogen and oxygen atoms in total. The first kappa shape index (κ1) is 17.2. The SMILES string of the molecule is CC(C)Oc1ccc(NC(=O)c2ccc(N3CCOCC3)nn2)cc1. The maximum absolute atomic E-state index is 12.3. The third-order valence-electron chi connectivity index (χ3n) is 3.70. The number of carbonyl (C=O) groups is 1. The van der Waals surface area contributed by atoms with Gasteiger partial charge in [-0.1, -0.05) is 0 Å². The predicted molar refractivity (Wildman–Crippen MR) is 95.2 cm³/mol. The first-order chi connectivity index (χ1) is 12.1. The molecule has 2 aromatic rings. The number of morpholine rings is 1. The molecule has 1 N–H and O–H groups in total. The maximum Gasteiger partial charge on any atom is 0.276 e. The number of carbonyl (C=O) groups excluding carboxylic acids is 1. The Morgan fingerprint density at radius 2 is 1.84 bits per heavy atom. The molecule has 0 unspecified atom stereocenters. The maximum atomic E-state index is 12.3. The van der Waals surface area contributed by atoms with Crippen LogP contribution >= 0.6 is 0 Å². The summed E-state index contributed by atoms with van der Waals surface area (Å²) in [7, 11) is 0. The van der Waals surface area contributed by atoms with Crippen molar-refractivity contribution in [2.24, 2.45) is 0 Å². The molecule has 1 saturated heterocycles. The van der Waals surface area contributed by atoms with Crippen LogP contribution in [-0.4, -0.2) is 48.5 Å². The zero-order chi connectivity index (χ0) is 17.6. The zero-order valence-corrected chi connectivity index (χ0v) is 14.4. The summed E-state index contributed by atoms with van der Waals surface area (Å²) < 4.78 is 10.9. The predicted octanol–water partition coefficient (Wildman–Crippen LogP) is 2.35. The van der Waals surface area contributed by atoms with E-state index in [4.69, 9.17) is 9.47 Å². The summed E-state index contributed by atoms with van der Waals surface area (Å²) in [6, 6.07) is 10.7. The molecule has 132 valence electrons. The summed E-state index contributed by atoms with van der Waals surface area (Å²) in [6.07, 6.45) is 0.112. The molecule has 0 aliphatic carbocycles. The molecule has 0 spiro atoms. The van der Waals surface area contributed by atoms with Gasteiger partial charge < -0.3 is 19.7 Å². The highest BCUT2D eigenvalue weighted by atomic mass is 16.5. The van der Waals surface area contributed by atoms with Gasteiger partial charge in [0.2, 0.25) is 0 Å². The number of rotatable bonds is 5. The van der Waals surface area contributed by atoms with Crippen molar-refractivity contribution >= 4 is 17.4 Å². The van der Waals surface area contributed by atoms with Gasteiger partial charge in [0, 0.05) is 18.8 Å². The standard InChI is InChI=1S/C18H22N4O3/c1-13(2)25-15-5-3-14(4-6-15)19-18(23)16-7-8-17(21-20-16)22-9-11-24-12-10-22/h3-8,13H,9-12H2,1-2H3,(H,19,23). The summed E-state index contributed by atoms with van der Waals surface area (Å²) in [5.41, 5.74) is 0.958. The Morgan fingerprint density at radius 1 is 1.12 bits per heavy atom. The molecule has 0 atom stereocenters. The van der Waals surface area contributed by atoms with Crippen molar-refractivity contribution in [1.29, 1.82) is 0 Å². The number of ether oxygens (including phenoxy) is 2. The van der Waals surface area contributed by atoms with E-state index in [9.17, 15) is 4.79 Å². The molecule has 0 bridgehead atoms. The van der Waals surface area contributed by atoms with Crippen molar-refractivity contribution in [1.82, 2.24) is 10.2 Å². The van der Waals surface area contributed by atoms with Crippen LogP contribution in [0.4, 0.5) is 11.5 Å². The molecular formula is C18H22N4O3. The van der Waals surface area contributed by atoms with Crippen LogP contribution in [0, 0.1) is 0 Å². The summed E-state index contributed by atoms with van der Waals surface area (Å²) in [6.45, 7) is 6.86. The summed E-state index contributed by atoms with van der Waals surface area (Å²) in [5.74, 6) is 1.23. The van der Waals surface area contributed by atoms with E-state index in [1.54, 1.807) is 18.2 Å². The Kier molecular flexibility index (Phi) is 5.45. The number of benzene rings is 1. The van der Waals surface area contributed by atoms with E-state index in [0.717, 1.165) is 24.7 Å². The minimum atomic E-state index is -0.293. The van der Waals surface area contributed by atoms with Crippen LogP contribution in [0.15, 0.2) is 36.4 Å². The van der Waals surface area contributed by atoms with E-state index >= 15 is 0 Å². The molecule has 1 amide bonds. The second-order valence-corrected chi connectivity index (χ2v) is 6.02. The Bertz CT molecular complexity index is 695. The monoisotopic (exact) mass is 342 g/mol. The van der Waals surface area contributed by atoms with E-state index in [1.165, 1.54) is 0 Å². The fourth-order valence-corrected chi connectivity index (χ4v) is 2.49. The molecule has 1 aliphatic heterocycles. The Hall–Kier alpha value is -2.67. The van der Waals surface area contributed by atoms with E-state index in [1.807, 2.05) is 32.0 Å². The van der Waals surface area contributed by atoms with E-state index in [2.05, 4.69) is 20.4 Å². The quantitative estimate of drug-likeness (QED) is 0.899. The van der Waals surface area contributed by atoms with Crippen LogP contribution in [-0.2, 0) is 4.74 Å². The van der Waals surface area contributed by atoms with Crippen LogP contribution in [0.1, 0.15) is 24.3 Å². The third-order valence-corrected chi connectivity index (χ3v) is 3.70. The molecule has 1 fully saturated rings. The Morgan fingerprint density at radius 3 is 2.44 bits per heavy atom. The van der Waals surface area contributed by atoms with Crippen molar-refractivity contribution in [3.05, 3.63) is 42.1 Å². The van der Waals surface area contributed by atoms with Gasteiger partial charge in [-0.25, -0.2) is 0 Å². The van der Waals surface area contributed by atoms with Crippen molar-refractivity contribution in [3.63, 3.8) is 0 Å². The minimum absolute atomic E-state index is 0.112. The molecule has 1 aliphatic rings. The highest BCUT2D eigenvalue weighted by Crippen LogP contribution is 2.18. The summed E-state index contributed by atoms with van der Waals surface area (Å²) in [4.78, 5) is 14.4. The Labute approximate surface area is 147 Å². The lowest BCUT2D eigenvalue weighted by Gasteiger charge is -2.27. The fourth-order valence-electron chi connectivity index (χ4n) is 2.49. The van der Waals surface area contributed by atoms with Crippen molar-refractivity contribution in [2.75, 3.05) is 36.5 Å². The van der Waals surface area contributed by atoms with Crippen molar-refractivity contribution in [3.8, 4) is 5.75 Å². The highest BCUT2D eigenvalue weighted by molar-refractivity contribution is 6.02. The van der Waals surface area contributed by atoms with Gasteiger partial charge >= 0.3 is 0 Å². The topological polar surface area (TPSA) is 76.6 Å². The van der Waals surface area contributed by atoms with Gasteiger partial charge in [0.05, 0.1) is 19.3 Å². The number of hydrogen-bond donors (Lipinski definition) is 1. The molecule has 3 rings (SSSR count). The highest BCUT2D eigenvalue weighted by Gasteiger charge is 2.14. The smallest absolute Gasteiger partial charge is 0.276 e. The number of hydrogen-bond acceptors (Lipinski definition) is 6. The molecule has 0 radical (unpaired) electrons. The molecule has 7 heteroatoms. The first-order valence-corrected chi connectivity index (χ1v) is 8.36. The second kappa shape index (κ2) is 7.94. The lowest BCUT2D eigenvalue weighted by molar-refractivity contribution is 0.102. The normalized spacial score (nSPS) is 14.4. The average molecular weight is 342 g/mol. The minimum Gasteiger partial charge on any atom is -0.491 e. The fraction of sp³-hybridized carbons (Fsp3) is 0.389. The van der Waals surface area contributed by atoms with Crippen LogP contribution in [0.3, 0.4) is 0 Å². The van der Waals surface area contributed by atoms with E-state index in [-0.39, 0.29) is 17.7 Å². The van der Waals surface area contributed by atoms with E-state index in [0.29, 0.717) is 18.9 Å². The summed E-state index contributed by atoms with van der Waals surface area (Å²) in [5, 5.41) is 11.0. The van der Waals surface area contributed by atoms with Gasteiger partial charge in [0.1, 0.15) is 5.75 Å². The van der Waals surface area contributed by atoms with Crippen LogP contribution in [0.25, 0.3) is 0 Å². The number of amides is 1. The van der Waals surface area contributed by atoms with Crippen molar-refractivity contribution < 1.29 is 14.3 Å². The van der Waals surface area contributed by atoms with Gasteiger partial charge in [0.25, 0.3) is 5.91 Å². The van der Waals surface area contributed by atoms with Gasteiger partial charge in [-0.2, -0.15) is 0 Å². The van der Waals surface area contributed by atoms with Crippen LogP contribution < -0.4 is 15.0 Å². The largest absolute Gasteiger partial charge is 0.491 e. The average Bonchev–Trinajstić information content (AvgIpc) is 2.64. The van der Waals surface area contributed by atoms with Gasteiger partial charge in [0.15, 0.2) is 11.5 Å². The second-order valence-electron chi connectivity index (χ2n) is 6.02. The van der Waals surface area contributed by atoms with E-state index < -0.39 is 0 Å². The third kappa shape index (κ3) is 4.67. The number of nitrogens with zero attached hydrogens (tertiary/aromatic N) is 3. The lowest BCUT2D eigenvalue weighted by atomic mass is 10.2. The molecule has 25 heavy (non-hydrogen) atoms. The summed E-state index contributed by atoms with van der Waals surface area (Å²) >= 11 is 0. The Balaban J connectivity index is 1.60. The molecule has 1 aromatic carbocycles. The van der Waals surface area contributed by atoms with Crippen molar-refractivity contribution in [2.45, 2.75) is 20.0 Å². The number of anilines is 2. The van der Waals surface area contributed by atoms with Gasteiger partial charge in [-0.15, -0.1) is 10.2 Å². The van der Waals surface area contributed by atoms with Gasteiger partial charge in [-0.3, -0.25) is 4.79 Å².